The van der Waals surface area contributed by atoms with Crippen LogP contribution in [0.5, 0.6) is 5.75 Å². The first-order chi connectivity index (χ1) is 18.5. The third-order valence-corrected chi connectivity index (χ3v) is 7.26. The Labute approximate surface area is 219 Å². The number of hydrazone groups is 1. The van der Waals surface area contributed by atoms with Crippen molar-refractivity contribution in [1.82, 2.24) is 5.01 Å². The lowest BCUT2D eigenvalue weighted by atomic mass is 9.77. The van der Waals surface area contributed by atoms with Gasteiger partial charge in [-0.3, -0.25) is 4.79 Å². The van der Waals surface area contributed by atoms with Crippen molar-refractivity contribution in [2.75, 3.05) is 6.61 Å². The van der Waals surface area contributed by atoms with Gasteiger partial charge in [0.2, 0.25) is 0 Å². The van der Waals surface area contributed by atoms with Gasteiger partial charge in [0.05, 0.1) is 11.8 Å². The molecule has 6 rings (SSSR count). The van der Waals surface area contributed by atoms with Gasteiger partial charge < -0.3 is 4.74 Å². The lowest BCUT2D eigenvalue weighted by molar-refractivity contribution is -0.135. The highest BCUT2D eigenvalue weighted by Gasteiger charge is 2.43. The molecule has 2 atom stereocenters. The van der Waals surface area contributed by atoms with E-state index >= 15 is 0 Å². The van der Waals surface area contributed by atoms with Gasteiger partial charge in [-0.1, -0.05) is 54.6 Å². The predicted molar refractivity (Wildman–Crippen MR) is 145 cm³/mol. The third kappa shape index (κ3) is 4.82. The molecule has 0 radical (unpaired) electrons. The fraction of sp³-hybridized carbons (Fsp3) is 0.188. The van der Waals surface area contributed by atoms with Gasteiger partial charge in [0.1, 0.15) is 17.4 Å². The van der Waals surface area contributed by atoms with E-state index in [4.69, 9.17) is 9.84 Å². The Morgan fingerprint density at radius 1 is 0.921 bits per heavy atom. The summed E-state index contributed by atoms with van der Waals surface area (Å²) in [5, 5.41) is 8.47. The van der Waals surface area contributed by atoms with E-state index in [1.807, 2.05) is 48.5 Å². The number of rotatable bonds is 5. The van der Waals surface area contributed by atoms with Gasteiger partial charge in [0.15, 0.2) is 6.61 Å². The van der Waals surface area contributed by atoms with Gasteiger partial charge in [-0.25, -0.2) is 13.8 Å². The van der Waals surface area contributed by atoms with Crippen molar-refractivity contribution < 1.29 is 18.3 Å². The molecule has 4 aromatic carbocycles. The number of halogens is 2. The largest absolute Gasteiger partial charge is 0.484 e. The zero-order chi connectivity index (χ0) is 26.1. The molecule has 1 aliphatic carbocycles. The number of nitrogens with zero attached hydrogens (tertiary/aromatic N) is 2. The first-order valence-corrected chi connectivity index (χ1v) is 12.8. The molecule has 0 N–H and O–H groups in total. The standard InChI is InChI=1S/C32H26F2N2O2/c33-26-13-8-21(9-14-26)18-25-6-3-7-29-31(25)35-36(32(29)23-10-15-27(34)16-11-23)30(37)20-38-28-17-12-22-4-1-2-5-24(22)19-28/h1-2,4-5,8-19,29,32H,3,6-7,20H2/b25-18+/t29-,32+/m1/s1. The summed E-state index contributed by atoms with van der Waals surface area (Å²) in [7, 11) is 0. The van der Waals surface area contributed by atoms with Crippen molar-refractivity contribution in [2.24, 2.45) is 11.0 Å². The van der Waals surface area contributed by atoms with Gasteiger partial charge in [0, 0.05) is 5.92 Å². The smallest absolute Gasteiger partial charge is 0.281 e. The van der Waals surface area contributed by atoms with Crippen molar-refractivity contribution in [3.05, 3.63) is 119 Å². The molecule has 2 aliphatic rings. The zero-order valence-corrected chi connectivity index (χ0v) is 20.7. The highest BCUT2D eigenvalue weighted by Crippen LogP contribution is 2.44. The molecular weight excluding hydrogens is 482 g/mol. The highest BCUT2D eigenvalue weighted by molar-refractivity contribution is 6.08. The number of fused-ring (bicyclic) bond motifs is 2. The molecule has 1 heterocycles. The quantitative estimate of drug-likeness (QED) is 0.283. The fourth-order valence-electron chi connectivity index (χ4n) is 5.43. The predicted octanol–water partition coefficient (Wildman–Crippen LogP) is 7.32. The van der Waals surface area contributed by atoms with Crippen LogP contribution < -0.4 is 4.74 Å². The SMILES string of the molecule is O=C(COc1ccc2ccccc2c1)N1N=C2/C(=C/c3ccc(F)cc3)CCC[C@H]2[C@@H]1c1ccc(F)cc1. The van der Waals surface area contributed by atoms with Crippen LogP contribution in [0, 0.1) is 17.6 Å². The third-order valence-electron chi connectivity index (χ3n) is 7.26. The summed E-state index contributed by atoms with van der Waals surface area (Å²) >= 11 is 0. The number of allylic oxidation sites excluding steroid dienone is 1. The van der Waals surface area contributed by atoms with Gasteiger partial charge in [-0.05, 0) is 89.2 Å². The summed E-state index contributed by atoms with van der Waals surface area (Å²) in [5.41, 5.74) is 3.60. The monoisotopic (exact) mass is 508 g/mol. The molecule has 4 nitrogen and oxygen atoms in total. The molecule has 1 saturated carbocycles. The van der Waals surface area contributed by atoms with E-state index in [1.54, 1.807) is 24.3 Å². The maximum Gasteiger partial charge on any atom is 0.281 e. The van der Waals surface area contributed by atoms with Crippen molar-refractivity contribution in [1.29, 1.82) is 0 Å². The van der Waals surface area contributed by atoms with Crippen molar-refractivity contribution >= 4 is 28.5 Å². The van der Waals surface area contributed by atoms with E-state index in [2.05, 4.69) is 0 Å². The number of benzene rings is 4. The summed E-state index contributed by atoms with van der Waals surface area (Å²) in [6.45, 7) is -0.170. The first-order valence-electron chi connectivity index (χ1n) is 12.8. The molecule has 1 amide bonds. The number of hydrogen-bond acceptors (Lipinski definition) is 3. The second-order valence-electron chi connectivity index (χ2n) is 9.74. The van der Waals surface area contributed by atoms with E-state index < -0.39 is 0 Å². The van der Waals surface area contributed by atoms with Crippen LogP contribution in [0.25, 0.3) is 16.8 Å². The minimum atomic E-state index is -0.352. The lowest BCUT2D eigenvalue weighted by Crippen LogP contribution is -2.34. The van der Waals surface area contributed by atoms with Gasteiger partial charge in [-0.15, -0.1) is 0 Å². The Kier molecular flexibility index (Phi) is 6.46. The molecule has 190 valence electrons. The van der Waals surface area contributed by atoms with E-state index in [0.29, 0.717) is 5.75 Å². The number of amides is 1. The molecule has 0 spiro atoms. The number of hydrogen-bond donors (Lipinski definition) is 0. The molecular formula is C32H26F2N2O2. The summed E-state index contributed by atoms with van der Waals surface area (Å²) < 4.78 is 33.1. The van der Waals surface area contributed by atoms with Crippen molar-refractivity contribution in [3.8, 4) is 5.75 Å². The molecule has 0 bridgehead atoms. The maximum absolute atomic E-state index is 13.7. The normalized spacial score (nSPS) is 19.9. The summed E-state index contributed by atoms with van der Waals surface area (Å²) in [4.78, 5) is 13.5. The summed E-state index contributed by atoms with van der Waals surface area (Å²) in [6, 6.07) is 26.0. The number of ether oxygens (including phenoxy) is 1. The van der Waals surface area contributed by atoms with E-state index in [1.165, 1.54) is 29.3 Å². The second-order valence-corrected chi connectivity index (χ2v) is 9.74. The second kappa shape index (κ2) is 10.2. The molecule has 0 saturated heterocycles. The number of carbonyl (C=O) groups excluding carboxylic acids is 1. The summed E-state index contributed by atoms with van der Waals surface area (Å²) in [5.74, 6) is -0.296. The Balaban J connectivity index is 1.30. The Bertz CT molecular complexity index is 1540. The van der Waals surface area contributed by atoms with Crippen molar-refractivity contribution in [2.45, 2.75) is 25.3 Å². The fourth-order valence-corrected chi connectivity index (χ4v) is 5.43. The minimum Gasteiger partial charge on any atom is -0.484 e. The molecule has 1 aliphatic heterocycles. The zero-order valence-electron chi connectivity index (χ0n) is 20.7. The van der Waals surface area contributed by atoms with Crippen LogP contribution in [0.4, 0.5) is 8.78 Å². The van der Waals surface area contributed by atoms with E-state index in [-0.39, 0.29) is 36.1 Å². The molecule has 6 heteroatoms. The van der Waals surface area contributed by atoms with Crippen LogP contribution in [0.3, 0.4) is 0 Å². The van der Waals surface area contributed by atoms with Crippen LogP contribution in [0.15, 0.2) is 102 Å². The molecule has 0 aromatic heterocycles. The van der Waals surface area contributed by atoms with Crippen LogP contribution in [0.2, 0.25) is 0 Å². The van der Waals surface area contributed by atoms with Crippen LogP contribution in [-0.2, 0) is 4.79 Å². The molecule has 4 aromatic rings. The van der Waals surface area contributed by atoms with E-state index in [0.717, 1.165) is 52.4 Å². The maximum atomic E-state index is 13.7. The lowest BCUT2D eigenvalue weighted by Gasteiger charge is -2.29. The highest BCUT2D eigenvalue weighted by atomic mass is 19.1. The average molecular weight is 509 g/mol. The van der Waals surface area contributed by atoms with Crippen LogP contribution >= 0.6 is 0 Å². The average Bonchev–Trinajstić information content (AvgIpc) is 3.34. The Morgan fingerprint density at radius 3 is 2.39 bits per heavy atom. The topological polar surface area (TPSA) is 41.9 Å². The Morgan fingerprint density at radius 2 is 1.63 bits per heavy atom. The van der Waals surface area contributed by atoms with Crippen LogP contribution in [0.1, 0.15) is 36.4 Å². The molecule has 38 heavy (non-hydrogen) atoms. The number of carbonyl (C=O) groups is 1. The Hall–Kier alpha value is -4.32. The minimum absolute atomic E-state index is 0.0227. The molecule has 0 unspecified atom stereocenters. The van der Waals surface area contributed by atoms with E-state index in [9.17, 15) is 13.6 Å². The summed E-state index contributed by atoms with van der Waals surface area (Å²) in [6.07, 6.45) is 4.63. The van der Waals surface area contributed by atoms with Gasteiger partial charge in [-0.2, -0.15) is 5.10 Å². The van der Waals surface area contributed by atoms with Gasteiger partial charge >= 0.3 is 0 Å². The van der Waals surface area contributed by atoms with Crippen LogP contribution in [-0.4, -0.2) is 23.2 Å². The molecule has 1 fully saturated rings. The van der Waals surface area contributed by atoms with Crippen molar-refractivity contribution in [3.63, 3.8) is 0 Å². The first kappa shape index (κ1) is 24.0. The van der Waals surface area contributed by atoms with Gasteiger partial charge in [0.25, 0.3) is 5.91 Å².